The Hall–Kier alpha value is -2.24. The van der Waals surface area contributed by atoms with Crippen LogP contribution in [-0.2, 0) is 4.79 Å². The minimum absolute atomic E-state index is 0.0548. The Kier molecular flexibility index (Phi) is 7.39. The molecule has 0 aliphatic carbocycles. The number of methoxy groups -OCH3 is 1. The summed E-state index contributed by atoms with van der Waals surface area (Å²) in [6.45, 7) is 1.77. The van der Waals surface area contributed by atoms with Crippen molar-refractivity contribution in [2.45, 2.75) is 6.42 Å². The summed E-state index contributed by atoms with van der Waals surface area (Å²) in [6.07, 6.45) is 0.384. The molecule has 0 bridgehead atoms. The number of anilines is 1. The van der Waals surface area contributed by atoms with Crippen molar-refractivity contribution in [3.05, 3.63) is 53.6 Å². The van der Waals surface area contributed by atoms with Gasteiger partial charge in [-0.3, -0.25) is 4.79 Å². The molecule has 0 saturated heterocycles. The van der Waals surface area contributed by atoms with Crippen LogP contribution in [0.15, 0.2) is 48.5 Å². The highest BCUT2D eigenvalue weighted by Crippen LogP contribution is 2.16. The second-order valence-corrected chi connectivity index (χ2v) is 5.52. The van der Waals surface area contributed by atoms with Gasteiger partial charge in [0.15, 0.2) is 0 Å². The molecular weight excluding hydrogens is 328 g/mol. The summed E-state index contributed by atoms with van der Waals surface area (Å²) in [4.78, 5) is 11.8. The normalized spacial score (nSPS) is 10.2. The molecule has 0 saturated carbocycles. The van der Waals surface area contributed by atoms with Crippen molar-refractivity contribution < 1.29 is 14.3 Å². The number of nitrogens with one attached hydrogen (secondary N) is 2. The fourth-order valence-electron chi connectivity index (χ4n) is 2.03. The molecule has 2 aromatic rings. The molecule has 0 spiro atoms. The number of carbonyl (C=O) groups is 1. The lowest BCUT2D eigenvalue weighted by Gasteiger charge is -2.09. The molecule has 2 aromatic carbocycles. The molecule has 0 aromatic heterocycles. The summed E-state index contributed by atoms with van der Waals surface area (Å²) in [5.74, 6) is 1.53. The fraction of sp³-hybridized carbons (Fsp3) is 0.278. The van der Waals surface area contributed by atoms with Gasteiger partial charge in [0.2, 0.25) is 5.91 Å². The van der Waals surface area contributed by atoms with Gasteiger partial charge >= 0.3 is 0 Å². The van der Waals surface area contributed by atoms with Gasteiger partial charge in [-0.05, 0) is 42.5 Å². The van der Waals surface area contributed by atoms with Crippen LogP contribution in [0.5, 0.6) is 11.5 Å². The highest BCUT2D eigenvalue weighted by molar-refractivity contribution is 6.30. The predicted molar refractivity (Wildman–Crippen MR) is 96.1 cm³/mol. The first-order valence-electron chi connectivity index (χ1n) is 7.70. The molecule has 128 valence electrons. The van der Waals surface area contributed by atoms with Crippen molar-refractivity contribution >= 4 is 23.2 Å². The smallest absolute Gasteiger partial charge is 0.225 e. The average molecular weight is 349 g/mol. The molecule has 0 fully saturated rings. The van der Waals surface area contributed by atoms with E-state index in [-0.39, 0.29) is 5.91 Å². The van der Waals surface area contributed by atoms with Crippen LogP contribution in [-0.4, -0.2) is 32.7 Å². The van der Waals surface area contributed by atoms with Gasteiger partial charge in [0, 0.05) is 30.2 Å². The van der Waals surface area contributed by atoms with Gasteiger partial charge in [-0.15, -0.1) is 0 Å². The average Bonchev–Trinajstić information content (AvgIpc) is 2.58. The van der Waals surface area contributed by atoms with Crippen molar-refractivity contribution in [1.82, 2.24) is 5.32 Å². The van der Waals surface area contributed by atoms with Gasteiger partial charge in [-0.1, -0.05) is 17.7 Å². The zero-order valence-electron chi connectivity index (χ0n) is 13.5. The summed E-state index contributed by atoms with van der Waals surface area (Å²) < 4.78 is 10.7. The minimum atomic E-state index is -0.0548. The topological polar surface area (TPSA) is 59.6 Å². The summed E-state index contributed by atoms with van der Waals surface area (Å²) in [6, 6.07) is 14.5. The number of hydrogen-bond acceptors (Lipinski definition) is 4. The SMILES string of the molecule is COc1ccc(OCCNCCC(=O)Nc2cccc(Cl)c2)cc1. The number of carbonyl (C=O) groups excluding carboxylic acids is 1. The summed E-state index contributed by atoms with van der Waals surface area (Å²) in [5.41, 5.74) is 0.704. The molecule has 0 unspecified atom stereocenters. The van der Waals surface area contributed by atoms with Crippen LogP contribution in [0.4, 0.5) is 5.69 Å². The number of hydrogen-bond donors (Lipinski definition) is 2. The number of rotatable bonds is 9. The number of halogens is 1. The lowest BCUT2D eigenvalue weighted by Crippen LogP contribution is -2.25. The molecule has 0 heterocycles. The molecule has 24 heavy (non-hydrogen) atoms. The molecular formula is C18H21ClN2O3. The number of ether oxygens (including phenoxy) is 2. The molecule has 0 atom stereocenters. The molecule has 0 radical (unpaired) electrons. The van der Waals surface area contributed by atoms with Gasteiger partial charge in [-0.25, -0.2) is 0 Å². The zero-order chi connectivity index (χ0) is 17.2. The Morgan fingerprint density at radius 3 is 2.54 bits per heavy atom. The van der Waals surface area contributed by atoms with Crippen molar-refractivity contribution in [3.63, 3.8) is 0 Å². The summed E-state index contributed by atoms with van der Waals surface area (Å²) in [7, 11) is 1.63. The maximum absolute atomic E-state index is 11.8. The van der Waals surface area contributed by atoms with Crippen molar-refractivity contribution in [3.8, 4) is 11.5 Å². The Morgan fingerprint density at radius 1 is 1.08 bits per heavy atom. The maximum atomic E-state index is 11.8. The van der Waals surface area contributed by atoms with Crippen LogP contribution in [0.25, 0.3) is 0 Å². The van der Waals surface area contributed by atoms with E-state index >= 15 is 0 Å². The van der Waals surface area contributed by atoms with Crippen molar-refractivity contribution in [1.29, 1.82) is 0 Å². The van der Waals surface area contributed by atoms with Crippen LogP contribution in [0.3, 0.4) is 0 Å². The standard InChI is InChI=1S/C18H21ClN2O3/c1-23-16-5-7-17(8-6-16)24-12-11-20-10-9-18(22)21-15-4-2-3-14(19)13-15/h2-8,13,20H,9-12H2,1H3,(H,21,22). The highest BCUT2D eigenvalue weighted by atomic mass is 35.5. The third kappa shape index (κ3) is 6.48. The monoisotopic (exact) mass is 348 g/mol. The first kappa shape index (κ1) is 18.1. The Morgan fingerprint density at radius 2 is 1.83 bits per heavy atom. The van der Waals surface area contributed by atoms with E-state index in [9.17, 15) is 4.79 Å². The third-order valence-corrected chi connectivity index (χ3v) is 3.48. The predicted octanol–water partition coefficient (Wildman–Crippen LogP) is 3.35. The van der Waals surface area contributed by atoms with Crippen LogP contribution >= 0.6 is 11.6 Å². The molecule has 1 amide bonds. The fourth-order valence-corrected chi connectivity index (χ4v) is 2.22. The Labute approximate surface area is 146 Å². The number of amides is 1. The quantitative estimate of drug-likeness (QED) is 0.682. The maximum Gasteiger partial charge on any atom is 0.225 e. The molecule has 0 aliphatic rings. The highest BCUT2D eigenvalue weighted by Gasteiger charge is 2.02. The lowest BCUT2D eigenvalue weighted by molar-refractivity contribution is -0.116. The number of benzene rings is 2. The lowest BCUT2D eigenvalue weighted by atomic mass is 10.3. The third-order valence-electron chi connectivity index (χ3n) is 3.24. The van der Waals surface area contributed by atoms with Gasteiger partial charge in [0.1, 0.15) is 18.1 Å². The van der Waals surface area contributed by atoms with Gasteiger partial charge in [0.05, 0.1) is 7.11 Å². The van der Waals surface area contributed by atoms with E-state index in [2.05, 4.69) is 10.6 Å². The van der Waals surface area contributed by atoms with Crippen LogP contribution < -0.4 is 20.1 Å². The molecule has 5 nitrogen and oxygen atoms in total. The molecule has 0 aliphatic heterocycles. The first-order valence-corrected chi connectivity index (χ1v) is 8.08. The largest absolute Gasteiger partial charge is 0.497 e. The Bertz CT molecular complexity index is 647. The van der Waals surface area contributed by atoms with Crippen LogP contribution in [0.1, 0.15) is 6.42 Å². The second-order valence-electron chi connectivity index (χ2n) is 5.08. The summed E-state index contributed by atoms with van der Waals surface area (Å²) in [5, 5.41) is 6.57. The van der Waals surface area contributed by atoms with Crippen molar-refractivity contribution in [2.75, 3.05) is 32.1 Å². The van der Waals surface area contributed by atoms with E-state index in [4.69, 9.17) is 21.1 Å². The van der Waals surface area contributed by atoms with Gasteiger partial charge in [-0.2, -0.15) is 0 Å². The van der Waals surface area contributed by atoms with E-state index in [0.717, 1.165) is 11.5 Å². The van der Waals surface area contributed by atoms with Gasteiger partial charge in [0.25, 0.3) is 0 Å². The second kappa shape index (κ2) is 9.80. The van der Waals surface area contributed by atoms with E-state index in [0.29, 0.717) is 36.8 Å². The van der Waals surface area contributed by atoms with Gasteiger partial charge < -0.3 is 20.1 Å². The Balaban J connectivity index is 1.56. The van der Waals surface area contributed by atoms with E-state index in [1.165, 1.54) is 0 Å². The van der Waals surface area contributed by atoms with E-state index in [1.54, 1.807) is 31.4 Å². The summed E-state index contributed by atoms with van der Waals surface area (Å²) >= 11 is 5.87. The molecule has 2 rings (SSSR count). The first-order chi connectivity index (χ1) is 11.7. The molecule has 2 N–H and O–H groups in total. The van der Waals surface area contributed by atoms with Crippen LogP contribution in [0.2, 0.25) is 5.02 Å². The van der Waals surface area contributed by atoms with E-state index < -0.39 is 0 Å². The minimum Gasteiger partial charge on any atom is -0.497 e. The van der Waals surface area contributed by atoms with Crippen molar-refractivity contribution in [2.24, 2.45) is 0 Å². The zero-order valence-corrected chi connectivity index (χ0v) is 14.3. The van der Waals surface area contributed by atoms with E-state index in [1.807, 2.05) is 24.3 Å². The van der Waals surface area contributed by atoms with Crippen LogP contribution in [0, 0.1) is 0 Å². The molecule has 6 heteroatoms.